The Bertz CT molecular complexity index is 1170. The largest absolute Gasteiger partial charge is 0.508 e. The fraction of sp³-hybridized carbons (Fsp3) is 0.621. The van der Waals surface area contributed by atoms with Gasteiger partial charge in [0.25, 0.3) is 0 Å². The van der Waals surface area contributed by atoms with E-state index in [1.54, 1.807) is 31.1 Å². The molecule has 1 aromatic heterocycles. The van der Waals surface area contributed by atoms with E-state index in [-0.39, 0.29) is 41.2 Å². The zero-order valence-corrected chi connectivity index (χ0v) is 24.2. The van der Waals surface area contributed by atoms with Gasteiger partial charge in [-0.25, -0.2) is 9.48 Å². The summed E-state index contributed by atoms with van der Waals surface area (Å²) in [4.78, 5) is 24.7. The molecule has 1 aromatic carbocycles. The maximum absolute atomic E-state index is 11.7. The first kappa shape index (κ1) is 30.1. The van der Waals surface area contributed by atoms with E-state index >= 15 is 0 Å². The zero-order valence-electron chi connectivity index (χ0n) is 24.2. The Morgan fingerprint density at radius 2 is 1.90 bits per heavy atom. The maximum Gasteiger partial charge on any atom is 0.407 e. The second-order valence-electron chi connectivity index (χ2n) is 11.7. The van der Waals surface area contributed by atoms with Crippen LogP contribution in [0.25, 0.3) is 0 Å². The highest BCUT2D eigenvalue weighted by Crippen LogP contribution is 2.39. The molecule has 0 saturated heterocycles. The van der Waals surface area contributed by atoms with Crippen LogP contribution in [0.5, 0.6) is 11.5 Å². The topological polar surface area (TPSA) is 140 Å². The summed E-state index contributed by atoms with van der Waals surface area (Å²) in [6.45, 7) is 12.3. The number of nitrogens with two attached hydrogens (primary N) is 1. The molecule has 3 atom stereocenters. The molecule has 39 heavy (non-hydrogen) atoms. The molecule has 1 fully saturated rings. The first-order chi connectivity index (χ1) is 18.3. The number of methoxy groups -OCH3 is 1. The first-order valence-electron chi connectivity index (χ1n) is 13.7. The van der Waals surface area contributed by atoms with Gasteiger partial charge in [0.15, 0.2) is 0 Å². The number of ether oxygens (including phenoxy) is 2. The van der Waals surface area contributed by atoms with E-state index in [2.05, 4.69) is 25.9 Å². The molecule has 2 aliphatic carbocycles. The van der Waals surface area contributed by atoms with Gasteiger partial charge in [-0.15, -0.1) is 0 Å². The lowest BCUT2D eigenvalue weighted by atomic mass is 10.0. The SMILES string of the molecule is CC(C)N(C(=O)O)[C@@H]1CC[C@H](c2cc(N)n(C(C)(C)C)n2)C1.CCOC(=O)C1Cc2cc(O)cc(OC)c2C1. The molecule has 4 rings (SSSR count). The van der Waals surface area contributed by atoms with E-state index < -0.39 is 6.09 Å². The van der Waals surface area contributed by atoms with Gasteiger partial charge in [-0.3, -0.25) is 4.79 Å². The van der Waals surface area contributed by atoms with Crippen LogP contribution in [-0.4, -0.2) is 62.8 Å². The number of benzene rings is 1. The number of aromatic nitrogens is 2. The molecule has 0 radical (unpaired) electrons. The number of amides is 1. The van der Waals surface area contributed by atoms with Gasteiger partial charge in [-0.2, -0.15) is 5.10 Å². The van der Waals surface area contributed by atoms with Gasteiger partial charge in [0.2, 0.25) is 0 Å². The third-order valence-electron chi connectivity index (χ3n) is 7.43. The van der Waals surface area contributed by atoms with Crippen LogP contribution in [0.2, 0.25) is 0 Å². The number of carbonyl (C=O) groups is 2. The van der Waals surface area contributed by atoms with Crippen molar-refractivity contribution in [3.63, 3.8) is 0 Å². The fourth-order valence-corrected chi connectivity index (χ4v) is 5.72. The molecule has 1 unspecified atom stereocenters. The molecule has 1 amide bonds. The molecule has 2 aromatic rings. The molecule has 0 bridgehead atoms. The van der Waals surface area contributed by atoms with Crippen molar-refractivity contribution in [2.24, 2.45) is 5.92 Å². The molecular formula is C29H44N4O6. The Hall–Kier alpha value is -3.43. The summed E-state index contributed by atoms with van der Waals surface area (Å²) in [7, 11) is 1.56. The van der Waals surface area contributed by atoms with Crippen molar-refractivity contribution in [3.05, 3.63) is 35.0 Å². The van der Waals surface area contributed by atoms with Crippen LogP contribution in [0, 0.1) is 5.92 Å². The number of nitrogen functional groups attached to an aromatic ring is 1. The molecule has 10 heteroatoms. The lowest BCUT2D eigenvalue weighted by molar-refractivity contribution is -0.147. The summed E-state index contributed by atoms with van der Waals surface area (Å²) >= 11 is 0. The minimum Gasteiger partial charge on any atom is -0.508 e. The van der Waals surface area contributed by atoms with Crippen molar-refractivity contribution in [3.8, 4) is 11.5 Å². The summed E-state index contributed by atoms with van der Waals surface area (Å²) in [5.74, 6) is 1.45. The number of rotatable bonds is 6. The number of hydrogen-bond donors (Lipinski definition) is 3. The number of carbonyl (C=O) groups excluding carboxylic acids is 1. The van der Waals surface area contributed by atoms with Gasteiger partial charge in [0, 0.05) is 30.1 Å². The van der Waals surface area contributed by atoms with E-state index in [1.165, 1.54) is 0 Å². The number of fused-ring (bicyclic) bond motifs is 1. The van der Waals surface area contributed by atoms with Crippen LogP contribution < -0.4 is 10.5 Å². The van der Waals surface area contributed by atoms with Crippen molar-refractivity contribution in [2.45, 2.75) is 97.2 Å². The highest BCUT2D eigenvalue weighted by molar-refractivity contribution is 5.75. The molecular weight excluding hydrogens is 500 g/mol. The molecule has 0 spiro atoms. The highest BCUT2D eigenvalue weighted by Gasteiger charge is 2.36. The zero-order chi connectivity index (χ0) is 29.1. The normalized spacial score (nSPS) is 20.3. The summed E-state index contributed by atoms with van der Waals surface area (Å²) in [5.41, 5.74) is 8.90. The van der Waals surface area contributed by atoms with Gasteiger partial charge in [-0.1, -0.05) is 0 Å². The van der Waals surface area contributed by atoms with Crippen molar-refractivity contribution in [2.75, 3.05) is 19.5 Å². The van der Waals surface area contributed by atoms with Gasteiger partial charge in [0.05, 0.1) is 30.9 Å². The van der Waals surface area contributed by atoms with Crippen LogP contribution in [0.15, 0.2) is 18.2 Å². The third kappa shape index (κ3) is 6.96. The standard InChI is InChI=1S/C16H28N4O2.C13H16O4/c1-10(2)19(15(21)22)12-7-6-11(8-12)13-9-14(17)20(18-13)16(3,4)5;1-3-17-13(15)9-4-8-5-10(14)7-12(16-2)11(8)6-9/h9-12H,6-8,17H2,1-5H3,(H,21,22);5,7,9,14H,3-4,6H2,1-2H3/t11-,12+;/m0./s1. The van der Waals surface area contributed by atoms with Gasteiger partial charge < -0.3 is 30.3 Å². The van der Waals surface area contributed by atoms with Crippen LogP contribution >= 0.6 is 0 Å². The predicted molar refractivity (Wildman–Crippen MR) is 149 cm³/mol. The molecule has 1 heterocycles. The number of phenols is 1. The van der Waals surface area contributed by atoms with Crippen LogP contribution in [-0.2, 0) is 27.9 Å². The Kier molecular flexibility index (Phi) is 9.40. The quantitative estimate of drug-likeness (QED) is 0.435. The maximum atomic E-state index is 11.7. The van der Waals surface area contributed by atoms with Gasteiger partial charge >= 0.3 is 12.1 Å². The number of aromatic hydroxyl groups is 1. The van der Waals surface area contributed by atoms with Crippen molar-refractivity contribution in [1.82, 2.24) is 14.7 Å². The Morgan fingerprint density at radius 1 is 1.21 bits per heavy atom. The molecule has 2 aliphatic rings. The monoisotopic (exact) mass is 544 g/mol. The van der Waals surface area contributed by atoms with Crippen molar-refractivity contribution in [1.29, 1.82) is 0 Å². The summed E-state index contributed by atoms with van der Waals surface area (Å²) in [6, 6.07) is 5.28. The molecule has 10 nitrogen and oxygen atoms in total. The fourth-order valence-electron chi connectivity index (χ4n) is 5.72. The minimum absolute atomic E-state index is 0.00143. The van der Waals surface area contributed by atoms with Crippen molar-refractivity contribution >= 4 is 17.9 Å². The Balaban J connectivity index is 0.000000223. The Morgan fingerprint density at radius 3 is 2.44 bits per heavy atom. The van der Waals surface area contributed by atoms with Crippen LogP contribution in [0.1, 0.15) is 83.5 Å². The number of esters is 1. The van der Waals surface area contributed by atoms with E-state index in [0.717, 1.165) is 36.1 Å². The van der Waals surface area contributed by atoms with Gasteiger partial charge in [-0.05, 0) is 90.8 Å². The molecule has 0 aliphatic heterocycles. The molecule has 216 valence electrons. The third-order valence-corrected chi connectivity index (χ3v) is 7.43. The Labute approximate surface area is 231 Å². The lowest BCUT2D eigenvalue weighted by Gasteiger charge is -2.30. The number of phenolic OH excluding ortho intramolecular Hbond substituents is 1. The highest BCUT2D eigenvalue weighted by atomic mass is 16.5. The van der Waals surface area contributed by atoms with Crippen LogP contribution in [0.3, 0.4) is 0 Å². The summed E-state index contributed by atoms with van der Waals surface area (Å²) in [6.07, 6.45) is 3.07. The van der Waals surface area contributed by atoms with E-state index in [4.69, 9.17) is 15.2 Å². The number of hydrogen-bond acceptors (Lipinski definition) is 7. The summed E-state index contributed by atoms with van der Waals surface area (Å²) < 4.78 is 12.1. The number of anilines is 1. The summed E-state index contributed by atoms with van der Waals surface area (Å²) in [5, 5.41) is 23.6. The first-order valence-corrected chi connectivity index (χ1v) is 13.7. The second kappa shape index (κ2) is 12.2. The molecule has 4 N–H and O–H groups in total. The average molecular weight is 545 g/mol. The van der Waals surface area contributed by atoms with Crippen molar-refractivity contribution < 1.29 is 29.3 Å². The number of carboxylic acid groups (broad SMARTS) is 1. The predicted octanol–water partition coefficient (Wildman–Crippen LogP) is 4.92. The van der Waals surface area contributed by atoms with Gasteiger partial charge in [0.1, 0.15) is 17.3 Å². The smallest absolute Gasteiger partial charge is 0.407 e. The van der Waals surface area contributed by atoms with E-state index in [1.807, 2.05) is 24.6 Å². The van der Waals surface area contributed by atoms with E-state index in [9.17, 15) is 19.8 Å². The second-order valence-corrected chi connectivity index (χ2v) is 11.7. The lowest BCUT2D eigenvalue weighted by Crippen LogP contribution is -2.42. The van der Waals surface area contributed by atoms with E-state index in [0.29, 0.717) is 31.0 Å². The van der Waals surface area contributed by atoms with Crippen LogP contribution in [0.4, 0.5) is 10.6 Å². The average Bonchev–Trinajstić information content (AvgIpc) is 3.56. The molecule has 1 saturated carbocycles. The number of nitrogens with zero attached hydrogens (tertiary/aromatic N) is 3. The minimum atomic E-state index is -0.833.